The van der Waals surface area contributed by atoms with Crippen LogP contribution in [0.3, 0.4) is 0 Å². The zero-order valence-electron chi connectivity index (χ0n) is 11.3. The van der Waals surface area contributed by atoms with Gasteiger partial charge in [-0.3, -0.25) is 9.89 Å². The quantitative estimate of drug-likeness (QED) is 0.771. The van der Waals surface area contributed by atoms with Gasteiger partial charge in [0.1, 0.15) is 5.69 Å². The van der Waals surface area contributed by atoms with E-state index in [4.69, 9.17) is 0 Å². The molecular formula is C14H18N4O2. The van der Waals surface area contributed by atoms with Crippen molar-refractivity contribution in [1.82, 2.24) is 20.1 Å². The van der Waals surface area contributed by atoms with E-state index < -0.39 is 6.10 Å². The highest BCUT2D eigenvalue weighted by Gasteiger charge is 2.34. The zero-order valence-corrected chi connectivity index (χ0v) is 11.3. The first-order valence-electron chi connectivity index (χ1n) is 6.75. The van der Waals surface area contributed by atoms with Gasteiger partial charge in [-0.25, -0.2) is 0 Å². The molecule has 3 rings (SSSR count). The predicted octanol–water partition coefficient (Wildman–Crippen LogP) is 0.722. The van der Waals surface area contributed by atoms with Gasteiger partial charge < -0.3 is 15.0 Å². The number of aromatic nitrogens is 3. The summed E-state index contributed by atoms with van der Waals surface area (Å²) >= 11 is 0. The molecule has 1 amide bonds. The summed E-state index contributed by atoms with van der Waals surface area (Å²) < 4.78 is 0. The van der Waals surface area contributed by atoms with Crippen LogP contribution in [0.2, 0.25) is 0 Å². The van der Waals surface area contributed by atoms with Crippen molar-refractivity contribution in [1.29, 1.82) is 0 Å². The third kappa shape index (κ3) is 2.46. The van der Waals surface area contributed by atoms with E-state index in [0.717, 1.165) is 11.4 Å². The van der Waals surface area contributed by atoms with Crippen LogP contribution >= 0.6 is 0 Å². The monoisotopic (exact) mass is 274 g/mol. The normalized spacial score (nSPS) is 22.4. The molecule has 106 valence electrons. The number of aryl methyl sites for hydroxylation is 1. The summed E-state index contributed by atoms with van der Waals surface area (Å²) in [5.74, 6) is -0.0219. The molecule has 0 spiro atoms. The van der Waals surface area contributed by atoms with Gasteiger partial charge in [0.15, 0.2) is 0 Å². The Hall–Kier alpha value is -2.08. The number of rotatable bonds is 3. The molecule has 3 N–H and O–H groups in total. The first-order chi connectivity index (χ1) is 9.63. The largest absolute Gasteiger partial charge is 0.391 e. The first-order valence-corrected chi connectivity index (χ1v) is 6.75. The summed E-state index contributed by atoms with van der Waals surface area (Å²) in [7, 11) is 0. The van der Waals surface area contributed by atoms with Gasteiger partial charge in [-0.05, 0) is 31.5 Å². The maximum Gasteiger partial charge on any atom is 0.270 e. The molecule has 2 atom stereocenters. The predicted molar refractivity (Wildman–Crippen MR) is 73.2 cm³/mol. The average Bonchev–Trinajstić information content (AvgIpc) is 3.12. The number of carbonyl (C=O) groups excluding carboxylic acids is 1. The van der Waals surface area contributed by atoms with E-state index in [9.17, 15) is 9.90 Å². The van der Waals surface area contributed by atoms with Gasteiger partial charge in [-0.15, -0.1) is 0 Å². The summed E-state index contributed by atoms with van der Waals surface area (Å²) in [6, 6.07) is 5.52. The summed E-state index contributed by atoms with van der Waals surface area (Å²) in [5.41, 5.74) is 2.50. The van der Waals surface area contributed by atoms with Crippen molar-refractivity contribution in [2.75, 3.05) is 13.1 Å². The molecule has 0 saturated carbocycles. The van der Waals surface area contributed by atoms with Gasteiger partial charge in [0.25, 0.3) is 5.91 Å². The Balaban J connectivity index is 1.66. The van der Waals surface area contributed by atoms with Gasteiger partial charge in [-0.1, -0.05) is 0 Å². The van der Waals surface area contributed by atoms with E-state index in [-0.39, 0.29) is 11.8 Å². The molecule has 0 aromatic carbocycles. The fraction of sp³-hybridized carbons (Fsp3) is 0.429. The number of aliphatic hydroxyl groups excluding tert-OH is 1. The van der Waals surface area contributed by atoms with Gasteiger partial charge in [0.2, 0.25) is 0 Å². The fourth-order valence-corrected chi connectivity index (χ4v) is 2.70. The number of likely N-dealkylation sites (tertiary alicyclic amines) is 1. The third-order valence-corrected chi connectivity index (χ3v) is 3.75. The van der Waals surface area contributed by atoms with Crippen LogP contribution in [-0.4, -0.2) is 50.3 Å². The number of aliphatic hydroxyl groups is 1. The van der Waals surface area contributed by atoms with Crippen molar-refractivity contribution >= 4 is 5.91 Å². The van der Waals surface area contributed by atoms with Gasteiger partial charge in [-0.2, -0.15) is 5.10 Å². The number of hydrogen-bond donors (Lipinski definition) is 3. The minimum atomic E-state index is -0.495. The van der Waals surface area contributed by atoms with Gasteiger partial charge >= 0.3 is 0 Å². The molecule has 1 aliphatic heterocycles. The van der Waals surface area contributed by atoms with Gasteiger partial charge in [0, 0.05) is 30.9 Å². The lowest BCUT2D eigenvalue weighted by atomic mass is 10.0. The molecule has 0 aliphatic carbocycles. The fourth-order valence-electron chi connectivity index (χ4n) is 2.70. The number of nitrogens with one attached hydrogen (secondary N) is 2. The molecule has 0 bridgehead atoms. The number of β-amino-alcohol motifs (C(OH)–C–C–N with tert-alkyl or cyclic N) is 1. The maximum atomic E-state index is 12.2. The molecule has 6 nitrogen and oxygen atoms in total. The Morgan fingerprint density at radius 2 is 2.40 bits per heavy atom. The number of nitrogens with zero attached hydrogens (tertiary/aromatic N) is 2. The van der Waals surface area contributed by atoms with Crippen molar-refractivity contribution in [2.24, 2.45) is 5.92 Å². The Kier molecular flexibility index (Phi) is 3.31. The Labute approximate surface area is 116 Å². The number of amides is 1. The van der Waals surface area contributed by atoms with Crippen molar-refractivity contribution in [3.63, 3.8) is 0 Å². The van der Waals surface area contributed by atoms with Crippen LogP contribution in [0.1, 0.15) is 21.9 Å². The van der Waals surface area contributed by atoms with Crippen molar-refractivity contribution in [3.05, 3.63) is 41.5 Å². The van der Waals surface area contributed by atoms with Crippen LogP contribution in [0.15, 0.2) is 24.4 Å². The van der Waals surface area contributed by atoms with E-state index in [1.165, 1.54) is 0 Å². The second-order valence-corrected chi connectivity index (χ2v) is 5.37. The molecule has 2 aromatic rings. The number of carbonyl (C=O) groups is 1. The smallest absolute Gasteiger partial charge is 0.270 e. The van der Waals surface area contributed by atoms with Crippen LogP contribution in [0.4, 0.5) is 0 Å². The van der Waals surface area contributed by atoms with Gasteiger partial charge in [0.05, 0.1) is 11.8 Å². The van der Waals surface area contributed by atoms with Crippen LogP contribution in [0.5, 0.6) is 0 Å². The number of aromatic amines is 2. The highest BCUT2D eigenvalue weighted by molar-refractivity contribution is 5.92. The zero-order chi connectivity index (χ0) is 14.1. The van der Waals surface area contributed by atoms with E-state index in [2.05, 4.69) is 15.2 Å². The molecule has 0 radical (unpaired) electrons. The third-order valence-electron chi connectivity index (χ3n) is 3.75. The number of H-pyrrole nitrogens is 2. The molecule has 1 fully saturated rings. The molecule has 3 heterocycles. The molecule has 1 saturated heterocycles. The lowest BCUT2D eigenvalue weighted by molar-refractivity contribution is 0.0759. The van der Waals surface area contributed by atoms with Crippen LogP contribution in [0, 0.1) is 12.8 Å². The van der Waals surface area contributed by atoms with Crippen molar-refractivity contribution in [2.45, 2.75) is 19.4 Å². The van der Waals surface area contributed by atoms with Crippen LogP contribution in [-0.2, 0) is 6.42 Å². The minimum absolute atomic E-state index is 0.0385. The SMILES string of the molecule is Cc1cc(C[C@@H]2CN(C(=O)c3ccc[nH]3)C[C@@H]2O)n[nH]1. The highest BCUT2D eigenvalue weighted by atomic mass is 16.3. The second kappa shape index (κ2) is 5.13. The molecule has 0 unspecified atom stereocenters. The molecular weight excluding hydrogens is 256 g/mol. The lowest BCUT2D eigenvalue weighted by Gasteiger charge is -2.14. The Bertz CT molecular complexity index is 590. The minimum Gasteiger partial charge on any atom is -0.391 e. The standard InChI is InChI=1S/C14H18N4O2/c1-9-5-11(17-16-9)6-10-7-18(8-13(10)19)14(20)12-3-2-4-15-12/h2-5,10,13,15,19H,6-8H2,1H3,(H,16,17)/t10-,13+/m1/s1. The number of hydrogen-bond acceptors (Lipinski definition) is 3. The lowest BCUT2D eigenvalue weighted by Crippen LogP contribution is -2.29. The Morgan fingerprint density at radius 3 is 3.05 bits per heavy atom. The maximum absolute atomic E-state index is 12.2. The summed E-state index contributed by atoms with van der Waals surface area (Å²) in [5, 5.41) is 17.2. The average molecular weight is 274 g/mol. The molecule has 2 aromatic heterocycles. The topological polar surface area (TPSA) is 85.0 Å². The molecule has 6 heteroatoms. The Morgan fingerprint density at radius 1 is 1.55 bits per heavy atom. The highest BCUT2D eigenvalue weighted by Crippen LogP contribution is 2.22. The van der Waals surface area contributed by atoms with Crippen LogP contribution in [0.25, 0.3) is 0 Å². The summed E-state index contributed by atoms with van der Waals surface area (Å²) in [6.45, 7) is 2.89. The van der Waals surface area contributed by atoms with Crippen molar-refractivity contribution in [3.8, 4) is 0 Å². The van der Waals surface area contributed by atoms with E-state index >= 15 is 0 Å². The molecule has 20 heavy (non-hydrogen) atoms. The van der Waals surface area contributed by atoms with E-state index in [0.29, 0.717) is 25.2 Å². The summed E-state index contributed by atoms with van der Waals surface area (Å²) in [6.07, 6.45) is 1.91. The first kappa shape index (κ1) is 12.9. The second-order valence-electron chi connectivity index (χ2n) is 5.37. The van der Waals surface area contributed by atoms with Crippen molar-refractivity contribution < 1.29 is 9.90 Å². The van der Waals surface area contributed by atoms with E-state index in [1.54, 1.807) is 23.2 Å². The molecule has 1 aliphatic rings. The van der Waals surface area contributed by atoms with Crippen LogP contribution < -0.4 is 0 Å². The van der Waals surface area contributed by atoms with E-state index in [1.807, 2.05) is 13.0 Å². The summed E-state index contributed by atoms with van der Waals surface area (Å²) in [4.78, 5) is 16.8.